The van der Waals surface area contributed by atoms with Gasteiger partial charge in [0.05, 0.1) is 26.3 Å². The van der Waals surface area contributed by atoms with E-state index in [-0.39, 0.29) is 11.4 Å². The number of halogens is 1. The Labute approximate surface area is 243 Å². The number of carbonyl (C=O) groups is 3. The van der Waals surface area contributed by atoms with Gasteiger partial charge in [0.25, 0.3) is 11.6 Å². The number of carbonyl (C=O) groups excluding carboxylic acids is 3. The maximum absolute atomic E-state index is 14.1. The number of hydrogen-bond donors (Lipinski definition) is 0. The van der Waals surface area contributed by atoms with Gasteiger partial charge in [-0.2, -0.15) is 0 Å². The summed E-state index contributed by atoms with van der Waals surface area (Å²) in [5.74, 6) is -2.20. The fourth-order valence-electron chi connectivity index (χ4n) is 4.27. The Balaban J connectivity index is 2.00. The molecule has 11 nitrogen and oxygen atoms in total. The second kappa shape index (κ2) is 12.5. The fourth-order valence-corrected chi connectivity index (χ4v) is 4.53. The monoisotopic (exact) mass is 621 g/mol. The topological polar surface area (TPSA) is 129 Å². The molecule has 1 atom stereocenters. The first-order chi connectivity index (χ1) is 19.7. The molecule has 0 N–H and O–H groups in total. The largest absolute Gasteiger partial charge is 0.497 e. The van der Waals surface area contributed by atoms with Gasteiger partial charge in [-0.3, -0.25) is 19.8 Å². The minimum Gasteiger partial charge on any atom is -0.497 e. The number of esters is 2. The Morgan fingerprint density at radius 1 is 0.854 bits per heavy atom. The van der Waals surface area contributed by atoms with Crippen LogP contribution in [0.5, 0.6) is 5.75 Å². The molecule has 0 bridgehead atoms. The van der Waals surface area contributed by atoms with Gasteiger partial charge < -0.3 is 19.1 Å². The van der Waals surface area contributed by atoms with E-state index >= 15 is 0 Å². The molecule has 12 heteroatoms. The molecule has 0 fully saturated rings. The van der Waals surface area contributed by atoms with E-state index in [4.69, 9.17) is 14.2 Å². The summed E-state index contributed by atoms with van der Waals surface area (Å²) in [6.45, 7) is 0. The van der Waals surface area contributed by atoms with Crippen molar-refractivity contribution in [1.29, 1.82) is 0 Å². The average Bonchev–Trinajstić information content (AvgIpc) is 2.99. The van der Waals surface area contributed by atoms with E-state index in [1.807, 2.05) is 0 Å². The molecule has 0 aliphatic carbocycles. The van der Waals surface area contributed by atoms with Gasteiger partial charge in [-0.05, 0) is 72.3 Å². The zero-order chi connectivity index (χ0) is 29.7. The molecular weight excluding hydrogens is 598 g/mol. The van der Waals surface area contributed by atoms with Gasteiger partial charge in [-0.25, -0.2) is 9.59 Å². The fraction of sp³-hybridized carbons (Fsp3) is 0.138. The first-order valence-electron chi connectivity index (χ1n) is 12.1. The Morgan fingerprint density at radius 3 is 1.95 bits per heavy atom. The number of methoxy groups -OCH3 is 3. The third-order valence-electron chi connectivity index (χ3n) is 6.23. The summed E-state index contributed by atoms with van der Waals surface area (Å²) >= 11 is 3.39. The quantitative estimate of drug-likeness (QED) is 0.150. The number of nitrogens with zero attached hydrogens (tertiary/aromatic N) is 3. The minimum atomic E-state index is -1.02. The van der Waals surface area contributed by atoms with Crippen molar-refractivity contribution in [3.63, 3.8) is 0 Å². The van der Waals surface area contributed by atoms with Crippen molar-refractivity contribution in [2.75, 3.05) is 31.1 Å². The molecule has 3 aromatic rings. The van der Waals surface area contributed by atoms with E-state index in [0.29, 0.717) is 22.7 Å². The molecule has 0 saturated carbocycles. The highest BCUT2D eigenvalue weighted by Crippen LogP contribution is 2.37. The lowest BCUT2D eigenvalue weighted by molar-refractivity contribution is -0.384. The van der Waals surface area contributed by atoms with Crippen LogP contribution >= 0.6 is 15.9 Å². The zero-order valence-electron chi connectivity index (χ0n) is 22.1. The van der Waals surface area contributed by atoms with Crippen LogP contribution in [0.2, 0.25) is 0 Å². The van der Waals surface area contributed by atoms with Crippen LogP contribution in [0.25, 0.3) is 6.08 Å². The van der Waals surface area contributed by atoms with Crippen LogP contribution in [0.1, 0.15) is 5.56 Å². The van der Waals surface area contributed by atoms with Crippen LogP contribution in [0, 0.1) is 10.1 Å². The maximum Gasteiger partial charge on any atom is 0.355 e. The van der Waals surface area contributed by atoms with Crippen LogP contribution < -0.4 is 14.5 Å². The van der Waals surface area contributed by atoms with Crippen molar-refractivity contribution in [2.45, 2.75) is 6.17 Å². The van der Waals surface area contributed by atoms with Gasteiger partial charge in [0.15, 0.2) is 5.57 Å². The number of nitro groups is 1. The number of rotatable bonds is 8. The normalized spacial score (nSPS) is 15.2. The first-order valence-corrected chi connectivity index (χ1v) is 12.9. The van der Waals surface area contributed by atoms with E-state index in [1.165, 1.54) is 29.0 Å². The predicted molar refractivity (Wildman–Crippen MR) is 154 cm³/mol. The summed E-state index contributed by atoms with van der Waals surface area (Å²) in [5, 5.41) is 11.1. The minimum absolute atomic E-state index is 0.0787. The van der Waals surface area contributed by atoms with Gasteiger partial charge in [-0.1, -0.05) is 22.0 Å². The summed E-state index contributed by atoms with van der Waals surface area (Å²) in [7, 11) is 3.76. The number of anilines is 2. The van der Waals surface area contributed by atoms with E-state index < -0.39 is 34.5 Å². The maximum atomic E-state index is 14.1. The van der Waals surface area contributed by atoms with E-state index in [2.05, 4.69) is 15.9 Å². The molecule has 1 aliphatic rings. The van der Waals surface area contributed by atoms with Crippen LogP contribution in [-0.2, 0) is 23.9 Å². The predicted octanol–water partition coefficient (Wildman–Crippen LogP) is 4.86. The van der Waals surface area contributed by atoms with E-state index in [0.717, 1.165) is 18.7 Å². The highest BCUT2D eigenvalue weighted by atomic mass is 79.9. The number of benzene rings is 3. The lowest BCUT2D eigenvalue weighted by Gasteiger charge is -2.44. The van der Waals surface area contributed by atoms with Gasteiger partial charge in [0.1, 0.15) is 17.6 Å². The smallest absolute Gasteiger partial charge is 0.355 e. The number of non-ortho nitro benzene ring substituents is 1. The van der Waals surface area contributed by atoms with E-state index in [1.54, 1.807) is 72.8 Å². The Hall–Kier alpha value is -4.97. The van der Waals surface area contributed by atoms with Crippen molar-refractivity contribution < 1.29 is 33.5 Å². The zero-order valence-corrected chi connectivity index (χ0v) is 23.7. The first kappa shape index (κ1) is 29.0. The Kier molecular flexibility index (Phi) is 8.83. The summed E-state index contributed by atoms with van der Waals surface area (Å²) in [4.78, 5) is 53.7. The Morgan fingerprint density at radius 2 is 1.41 bits per heavy atom. The van der Waals surface area contributed by atoms with Gasteiger partial charge in [-0.15, -0.1) is 0 Å². The summed E-state index contributed by atoms with van der Waals surface area (Å²) in [5.41, 5.74) is 0.529. The van der Waals surface area contributed by atoms with Crippen LogP contribution in [0.4, 0.5) is 17.1 Å². The van der Waals surface area contributed by atoms with Crippen LogP contribution in [0.3, 0.4) is 0 Å². The molecule has 0 aromatic heterocycles. The molecule has 3 aromatic carbocycles. The molecule has 0 spiro atoms. The van der Waals surface area contributed by atoms with Gasteiger partial charge >= 0.3 is 11.9 Å². The second-order valence-electron chi connectivity index (χ2n) is 8.55. The molecule has 1 amide bonds. The van der Waals surface area contributed by atoms with Crippen molar-refractivity contribution in [2.24, 2.45) is 0 Å². The molecule has 1 unspecified atom stereocenters. The van der Waals surface area contributed by atoms with Gasteiger partial charge in [0.2, 0.25) is 0 Å². The van der Waals surface area contributed by atoms with Crippen molar-refractivity contribution in [3.05, 3.63) is 110 Å². The number of ether oxygens (including phenoxy) is 3. The summed E-state index contributed by atoms with van der Waals surface area (Å²) in [6, 6.07) is 19.3. The molecule has 1 aliphatic heterocycles. The number of amides is 1. The lowest BCUT2D eigenvalue weighted by atomic mass is 10.0. The lowest BCUT2D eigenvalue weighted by Crippen LogP contribution is -2.57. The third-order valence-corrected chi connectivity index (χ3v) is 6.76. The van der Waals surface area contributed by atoms with E-state index in [9.17, 15) is 24.5 Å². The molecule has 210 valence electrons. The summed E-state index contributed by atoms with van der Waals surface area (Å²) in [6.07, 6.45) is 2.29. The highest BCUT2D eigenvalue weighted by molar-refractivity contribution is 9.10. The second-order valence-corrected chi connectivity index (χ2v) is 9.46. The van der Waals surface area contributed by atoms with Crippen molar-refractivity contribution in [3.8, 4) is 5.75 Å². The Bertz CT molecular complexity index is 1530. The van der Waals surface area contributed by atoms with Gasteiger partial charge in [0, 0.05) is 28.0 Å². The average molecular weight is 622 g/mol. The standard InChI is InChI=1S/C29H24BrN3O8/c1-39-23-15-13-20(14-16-23)31-24(17-6-18-4-9-22(10-5-18)33(37)38)32(21-11-7-19(30)8-12-21)27(34)25(28(35)40-2)26(31)29(36)41-3/h4-17,24H,1-3H3/b17-6+. The molecule has 0 saturated heterocycles. The van der Waals surface area contributed by atoms with Crippen molar-refractivity contribution in [1.82, 2.24) is 0 Å². The SMILES string of the molecule is COC(=O)C1=C(C(=O)OC)N(c2ccc(OC)cc2)C(/C=C/c2ccc([N+](=O)[O-])cc2)N(c2ccc(Br)cc2)C1=O. The van der Waals surface area contributed by atoms with Crippen LogP contribution in [0.15, 0.2) is 94.6 Å². The molecule has 4 rings (SSSR count). The third kappa shape index (κ3) is 5.97. The molecule has 1 heterocycles. The van der Waals surface area contributed by atoms with Crippen LogP contribution in [-0.4, -0.2) is 50.3 Å². The number of nitro benzene ring substituents is 1. The summed E-state index contributed by atoms with van der Waals surface area (Å²) < 4.78 is 16.0. The number of hydrogen-bond acceptors (Lipinski definition) is 9. The van der Waals surface area contributed by atoms with Crippen molar-refractivity contribution >= 4 is 56.9 Å². The molecule has 41 heavy (non-hydrogen) atoms. The highest BCUT2D eigenvalue weighted by Gasteiger charge is 2.46. The molecule has 0 radical (unpaired) electrons. The molecular formula is C29H24BrN3O8.